The van der Waals surface area contributed by atoms with Gasteiger partial charge in [-0.2, -0.15) is 0 Å². The van der Waals surface area contributed by atoms with Crippen LogP contribution in [0.2, 0.25) is 0 Å². The molecule has 0 bridgehead atoms. The van der Waals surface area contributed by atoms with E-state index in [1.54, 1.807) is 14.2 Å². The maximum absolute atomic E-state index is 13.2. The molecule has 8 nitrogen and oxygen atoms in total. The van der Waals surface area contributed by atoms with Gasteiger partial charge in [-0.3, -0.25) is 4.79 Å². The topological polar surface area (TPSA) is 91.2 Å². The summed E-state index contributed by atoms with van der Waals surface area (Å²) in [6.07, 6.45) is 3.13. The molecule has 3 aromatic rings. The first-order valence-electron chi connectivity index (χ1n) is 9.04. The Morgan fingerprint density at radius 3 is 2.61 bits per heavy atom. The van der Waals surface area contributed by atoms with Crippen LogP contribution >= 0.6 is 0 Å². The number of hydrogen-bond donors (Lipinski definition) is 1. The van der Waals surface area contributed by atoms with Gasteiger partial charge in [-0.15, -0.1) is 5.10 Å². The Morgan fingerprint density at radius 2 is 1.93 bits per heavy atom. The number of aromatic nitrogens is 4. The van der Waals surface area contributed by atoms with Crippen LogP contribution in [0.1, 0.15) is 35.2 Å². The molecule has 0 spiro atoms. The molecule has 144 valence electrons. The van der Waals surface area contributed by atoms with E-state index in [4.69, 9.17) is 9.47 Å². The molecular weight excluding hydrogens is 358 g/mol. The van der Waals surface area contributed by atoms with E-state index in [-0.39, 0.29) is 11.9 Å². The van der Waals surface area contributed by atoms with E-state index in [0.29, 0.717) is 11.5 Å². The van der Waals surface area contributed by atoms with Crippen LogP contribution in [0.3, 0.4) is 0 Å². The SMILES string of the molecule is COc1cc2c(cc1OC)C(NC(=O)C(c1ccccc1)n1cnnn1)CC2. The third-order valence-electron chi connectivity index (χ3n) is 5.03. The van der Waals surface area contributed by atoms with Gasteiger partial charge in [-0.25, -0.2) is 4.68 Å². The third-order valence-corrected chi connectivity index (χ3v) is 5.03. The van der Waals surface area contributed by atoms with E-state index in [1.165, 1.54) is 11.0 Å². The average molecular weight is 379 g/mol. The Kier molecular flexibility index (Phi) is 4.92. The fourth-order valence-electron chi connectivity index (χ4n) is 3.68. The largest absolute Gasteiger partial charge is 0.493 e. The molecule has 28 heavy (non-hydrogen) atoms. The number of fused-ring (bicyclic) bond motifs is 1. The molecule has 8 heteroatoms. The lowest BCUT2D eigenvalue weighted by molar-refractivity contribution is -0.124. The van der Waals surface area contributed by atoms with Crippen LogP contribution in [-0.4, -0.2) is 40.3 Å². The van der Waals surface area contributed by atoms with Gasteiger partial charge in [0, 0.05) is 0 Å². The molecule has 1 aliphatic rings. The van der Waals surface area contributed by atoms with Gasteiger partial charge >= 0.3 is 0 Å². The van der Waals surface area contributed by atoms with E-state index < -0.39 is 6.04 Å². The first-order valence-corrected chi connectivity index (χ1v) is 9.04. The molecule has 2 atom stereocenters. The lowest BCUT2D eigenvalue weighted by Crippen LogP contribution is -2.35. The number of rotatable bonds is 6. The number of nitrogens with zero attached hydrogens (tertiary/aromatic N) is 4. The molecule has 0 saturated carbocycles. The van der Waals surface area contributed by atoms with E-state index >= 15 is 0 Å². The van der Waals surface area contributed by atoms with Crippen LogP contribution in [0.25, 0.3) is 0 Å². The van der Waals surface area contributed by atoms with Crippen LogP contribution in [0.4, 0.5) is 0 Å². The normalized spacial score (nSPS) is 16.3. The van der Waals surface area contributed by atoms with Gasteiger partial charge < -0.3 is 14.8 Å². The van der Waals surface area contributed by atoms with Crippen molar-refractivity contribution >= 4 is 5.91 Å². The van der Waals surface area contributed by atoms with Crippen molar-refractivity contribution in [3.05, 3.63) is 65.5 Å². The van der Waals surface area contributed by atoms with Crippen molar-refractivity contribution in [2.24, 2.45) is 0 Å². The number of carbonyl (C=O) groups excluding carboxylic acids is 1. The minimum Gasteiger partial charge on any atom is -0.493 e. The number of amides is 1. The molecule has 0 saturated heterocycles. The average Bonchev–Trinajstić information content (AvgIpc) is 3.38. The molecule has 0 aliphatic heterocycles. The summed E-state index contributed by atoms with van der Waals surface area (Å²) < 4.78 is 12.3. The van der Waals surface area contributed by atoms with Gasteiger partial charge in [0.1, 0.15) is 6.33 Å². The van der Waals surface area contributed by atoms with Crippen molar-refractivity contribution in [3.8, 4) is 11.5 Å². The Bertz CT molecular complexity index is 959. The smallest absolute Gasteiger partial charge is 0.250 e. The van der Waals surface area contributed by atoms with Gasteiger partial charge in [0.2, 0.25) is 5.91 Å². The molecule has 0 radical (unpaired) electrons. The molecule has 2 aromatic carbocycles. The number of aryl methyl sites for hydroxylation is 1. The number of nitrogens with one attached hydrogen (secondary N) is 1. The monoisotopic (exact) mass is 379 g/mol. The van der Waals surface area contributed by atoms with Gasteiger partial charge in [-0.05, 0) is 52.1 Å². The highest BCUT2D eigenvalue weighted by molar-refractivity contribution is 5.84. The number of ether oxygens (including phenoxy) is 2. The number of benzene rings is 2. The van der Waals surface area contributed by atoms with Crippen molar-refractivity contribution in [1.82, 2.24) is 25.5 Å². The zero-order chi connectivity index (χ0) is 19.5. The van der Waals surface area contributed by atoms with E-state index in [2.05, 4.69) is 20.8 Å². The summed E-state index contributed by atoms with van der Waals surface area (Å²) in [5.41, 5.74) is 3.02. The van der Waals surface area contributed by atoms with E-state index in [1.807, 2.05) is 42.5 Å². The minimum absolute atomic E-state index is 0.106. The van der Waals surface area contributed by atoms with E-state index in [9.17, 15) is 4.79 Å². The quantitative estimate of drug-likeness (QED) is 0.705. The molecule has 1 heterocycles. The molecular formula is C20H21N5O3. The van der Waals surface area contributed by atoms with Crippen LogP contribution in [-0.2, 0) is 11.2 Å². The second kappa shape index (κ2) is 7.67. The molecule has 4 rings (SSSR count). The zero-order valence-corrected chi connectivity index (χ0v) is 15.7. The second-order valence-corrected chi connectivity index (χ2v) is 6.61. The van der Waals surface area contributed by atoms with Crippen LogP contribution < -0.4 is 14.8 Å². The molecule has 1 aliphatic carbocycles. The highest BCUT2D eigenvalue weighted by Crippen LogP contribution is 2.39. The van der Waals surface area contributed by atoms with Crippen LogP contribution in [0, 0.1) is 0 Å². The maximum atomic E-state index is 13.2. The highest BCUT2D eigenvalue weighted by atomic mass is 16.5. The van der Waals surface area contributed by atoms with Gasteiger partial charge in [-0.1, -0.05) is 30.3 Å². The summed E-state index contributed by atoms with van der Waals surface area (Å²) >= 11 is 0. The summed E-state index contributed by atoms with van der Waals surface area (Å²) in [5, 5.41) is 14.5. The summed E-state index contributed by atoms with van der Waals surface area (Å²) in [6, 6.07) is 12.7. The van der Waals surface area contributed by atoms with Gasteiger partial charge in [0.25, 0.3) is 0 Å². The molecule has 1 N–H and O–H groups in total. The molecule has 2 unspecified atom stereocenters. The summed E-state index contributed by atoms with van der Waals surface area (Å²) in [4.78, 5) is 13.2. The fourth-order valence-corrected chi connectivity index (χ4v) is 3.68. The number of methoxy groups -OCH3 is 2. The van der Waals surface area contributed by atoms with Crippen LogP contribution in [0.5, 0.6) is 11.5 Å². The Balaban J connectivity index is 1.62. The molecule has 1 amide bonds. The zero-order valence-electron chi connectivity index (χ0n) is 15.7. The predicted octanol–water partition coefficient (Wildman–Crippen LogP) is 2.08. The fraction of sp³-hybridized carbons (Fsp3) is 0.300. The summed E-state index contributed by atoms with van der Waals surface area (Å²) in [6.45, 7) is 0. The third kappa shape index (κ3) is 3.28. The first kappa shape index (κ1) is 18.0. The van der Waals surface area contributed by atoms with Crippen molar-refractivity contribution in [2.75, 3.05) is 14.2 Å². The number of hydrogen-bond acceptors (Lipinski definition) is 6. The summed E-state index contributed by atoms with van der Waals surface area (Å²) in [5.74, 6) is 1.19. The standard InChI is InChI=1S/C20H21N5O3/c1-27-17-10-14-8-9-16(15(14)11-18(17)28-2)22-20(26)19(25-12-21-23-24-25)13-6-4-3-5-7-13/h3-7,10-12,16,19H,8-9H2,1-2H3,(H,22,26). The highest BCUT2D eigenvalue weighted by Gasteiger charge is 2.30. The van der Waals surface area contributed by atoms with Crippen molar-refractivity contribution < 1.29 is 14.3 Å². The minimum atomic E-state index is -0.639. The van der Waals surface area contributed by atoms with Gasteiger partial charge in [0.05, 0.1) is 20.3 Å². The van der Waals surface area contributed by atoms with Gasteiger partial charge in [0.15, 0.2) is 17.5 Å². The van der Waals surface area contributed by atoms with E-state index in [0.717, 1.165) is 29.5 Å². The number of carbonyl (C=O) groups is 1. The molecule has 0 fully saturated rings. The first-order chi connectivity index (χ1) is 13.7. The molecule has 1 aromatic heterocycles. The van der Waals surface area contributed by atoms with Crippen LogP contribution in [0.15, 0.2) is 48.8 Å². The summed E-state index contributed by atoms with van der Waals surface area (Å²) in [7, 11) is 3.23. The maximum Gasteiger partial charge on any atom is 0.250 e. The predicted molar refractivity (Wildman–Crippen MR) is 101 cm³/mol. The Hall–Kier alpha value is -3.42. The van der Waals surface area contributed by atoms with Crippen molar-refractivity contribution in [1.29, 1.82) is 0 Å². The number of tetrazole rings is 1. The lowest BCUT2D eigenvalue weighted by Gasteiger charge is -2.21. The second-order valence-electron chi connectivity index (χ2n) is 6.61. The van der Waals surface area contributed by atoms with Crippen molar-refractivity contribution in [2.45, 2.75) is 24.9 Å². The van der Waals surface area contributed by atoms with Crippen molar-refractivity contribution in [3.63, 3.8) is 0 Å². The Labute approximate surface area is 162 Å². The Morgan fingerprint density at radius 1 is 1.18 bits per heavy atom. The lowest BCUT2D eigenvalue weighted by atomic mass is 10.0.